The number of hydrogen-bond donors (Lipinski definition) is 1. The molecule has 0 saturated carbocycles. The van der Waals surface area contributed by atoms with E-state index in [9.17, 15) is 0 Å². The van der Waals surface area contributed by atoms with Crippen molar-refractivity contribution < 1.29 is 14.2 Å². The lowest BCUT2D eigenvalue weighted by Gasteiger charge is -2.21. The maximum Gasteiger partial charge on any atom is 0.247 e. The van der Waals surface area contributed by atoms with Crippen molar-refractivity contribution in [2.75, 3.05) is 17.7 Å². The van der Waals surface area contributed by atoms with Crippen LogP contribution in [0.5, 0.6) is 17.4 Å². The fourth-order valence-corrected chi connectivity index (χ4v) is 4.96. The van der Waals surface area contributed by atoms with Crippen molar-refractivity contribution in [1.29, 1.82) is 0 Å². The molecule has 8 heteroatoms. The molecule has 0 fully saturated rings. The predicted molar refractivity (Wildman–Crippen MR) is 151 cm³/mol. The van der Waals surface area contributed by atoms with E-state index in [1.165, 1.54) is 12.8 Å². The molecular weight excluding hydrogens is 496 g/mol. The van der Waals surface area contributed by atoms with Gasteiger partial charge < -0.3 is 19.5 Å². The molecule has 0 radical (unpaired) electrons. The molecule has 1 aliphatic rings. The van der Waals surface area contributed by atoms with Crippen LogP contribution in [0, 0.1) is 0 Å². The number of aromatic nitrogens is 3. The van der Waals surface area contributed by atoms with Gasteiger partial charge >= 0.3 is 0 Å². The molecule has 4 aromatic rings. The Labute approximate surface area is 228 Å². The largest absolute Gasteiger partial charge is 0.490 e. The van der Waals surface area contributed by atoms with E-state index in [0.717, 1.165) is 34.6 Å². The standard InChI is InChI=1S/C30H32N4O3S/c1-3-5-11-18-38-30-32-29-27(33-34-30)23-14-9-10-15-24(23)31-28(37-29)22-16-17-25(26(19-22)35-4-2)36-20-21-12-7-6-8-13-21/h6-10,12-17,19,28,31H,3-5,11,18,20H2,1-2H3/t28-/m0/s1. The summed E-state index contributed by atoms with van der Waals surface area (Å²) in [5, 5.41) is 13.0. The summed E-state index contributed by atoms with van der Waals surface area (Å²) in [6, 6.07) is 23.9. The minimum atomic E-state index is -0.505. The van der Waals surface area contributed by atoms with Crippen molar-refractivity contribution in [3.05, 3.63) is 83.9 Å². The predicted octanol–water partition coefficient (Wildman–Crippen LogP) is 7.30. The van der Waals surface area contributed by atoms with Crippen molar-refractivity contribution in [2.24, 2.45) is 0 Å². The molecule has 0 bridgehead atoms. The fourth-order valence-electron chi connectivity index (χ4n) is 4.19. The molecule has 1 N–H and O–H groups in total. The van der Waals surface area contributed by atoms with Gasteiger partial charge in [0.15, 0.2) is 23.4 Å². The molecule has 5 rings (SSSR count). The highest BCUT2D eigenvalue weighted by atomic mass is 32.2. The smallest absolute Gasteiger partial charge is 0.247 e. The van der Waals surface area contributed by atoms with Crippen molar-refractivity contribution in [3.63, 3.8) is 0 Å². The lowest BCUT2D eigenvalue weighted by atomic mass is 10.1. The molecule has 0 unspecified atom stereocenters. The zero-order valence-electron chi connectivity index (χ0n) is 21.7. The van der Waals surface area contributed by atoms with Gasteiger partial charge in [0.05, 0.1) is 6.61 Å². The molecule has 0 saturated heterocycles. The number of nitrogens with one attached hydrogen (secondary N) is 1. The summed E-state index contributed by atoms with van der Waals surface area (Å²) in [5.41, 5.74) is 4.41. The minimum Gasteiger partial charge on any atom is -0.490 e. The summed E-state index contributed by atoms with van der Waals surface area (Å²) < 4.78 is 18.5. The van der Waals surface area contributed by atoms with Gasteiger partial charge in [-0.15, -0.1) is 10.2 Å². The third-order valence-electron chi connectivity index (χ3n) is 6.12. The van der Waals surface area contributed by atoms with Crippen molar-refractivity contribution >= 4 is 17.4 Å². The minimum absolute atomic E-state index is 0.459. The van der Waals surface area contributed by atoms with Gasteiger partial charge in [-0.2, -0.15) is 4.98 Å². The quantitative estimate of drug-likeness (QED) is 0.160. The highest BCUT2D eigenvalue weighted by Crippen LogP contribution is 2.41. The van der Waals surface area contributed by atoms with E-state index in [0.29, 0.717) is 41.4 Å². The first-order chi connectivity index (χ1) is 18.7. The van der Waals surface area contributed by atoms with Gasteiger partial charge in [0.2, 0.25) is 11.0 Å². The van der Waals surface area contributed by atoms with E-state index in [1.807, 2.05) is 79.7 Å². The second kappa shape index (κ2) is 12.6. The summed E-state index contributed by atoms with van der Waals surface area (Å²) in [5.74, 6) is 2.76. The Morgan fingerprint density at radius 1 is 0.895 bits per heavy atom. The van der Waals surface area contributed by atoms with E-state index in [-0.39, 0.29) is 0 Å². The molecule has 1 aliphatic heterocycles. The van der Waals surface area contributed by atoms with E-state index < -0.39 is 6.23 Å². The zero-order valence-corrected chi connectivity index (χ0v) is 22.5. The van der Waals surface area contributed by atoms with Crippen LogP contribution in [0.2, 0.25) is 0 Å². The Kier molecular flexibility index (Phi) is 8.60. The topological polar surface area (TPSA) is 78.4 Å². The van der Waals surface area contributed by atoms with Crippen molar-refractivity contribution in [3.8, 4) is 28.6 Å². The first kappa shape index (κ1) is 25.9. The van der Waals surface area contributed by atoms with Crippen molar-refractivity contribution in [2.45, 2.75) is 51.1 Å². The van der Waals surface area contributed by atoms with Gasteiger partial charge in [0.25, 0.3) is 0 Å². The highest BCUT2D eigenvalue weighted by molar-refractivity contribution is 7.99. The van der Waals surface area contributed by atoms with Crippen LogP contribution in [0.3, 0.4) is 0 Å². The number of para-hydroxylation sites is 1. The Hall–Kier alpha value is -3.78. The number of unbranched alkanes of at least 4 members (excludes halogenated alkanes) is 2. The average molecular weight is 529 g/mol. The van der Waals surface area contributed by atoms with Crippen LogP contribution >= 0.6 is 11.8 Å². The number of thioether (sulfide) groups is 1. The number of hydrogen-bond acceptors (Lipinski definition) is 8. The molecule has 0 aliphatic carbocycles. The van der Waals surface area contributed by atoms with Gasteiger partial charge in [-0.05, 0) is 43.2 Å². The Morgan fingerprint density at radius 3 is 2.58 bits per heavy atom. The maximum absolute atomic E-state index is 6.46. The first-order valence-corrected chi connectivity index (χ1v) is 14.1. The van der Waals surface area contributed by atoms with Crippen molar-refractivity contribution in [1.82, 2.24) is 15.2 Å². The molecule has 0 amide bonds. The van der Waals surface area contributed by atoms with Gasteiger partial charge in [0, 0.05) is 22.6 Å². The monoisotopic (exact) mass is 528 g/mol. The van der Waals surface area contributed by atoms with Crippen LogP contribution in [0.4, 0.5) is 5.69 Å². The van der Waals surface area contributed by atoms with Crippen LogP contribution in [0.1, 0.15) is 50.5 Å². The lowest BCUT2D eigenvalue weighted by molar-refractivity contribution is 0.223. The number of rotatable bonds is 11. The summed E-state index contributed by atoms with van der Waals surface area (Å²) in [6.45, 7) is 5.14. The highest BCUT2D eigenvalue weighted by Gasteiger charge is 2.27. The van der Waals surface area contributed by atoms with Crippen LogP contribution in [-0.2, 0) is 6.61 Å². The molecule has 196 valence electrons. The maximum atomic E-state index is 6.46. The third kappa shape index (κ3) is 6.19. The molecular formula is C30H32N4O3S. The Bertz CT molecular complexity index is 1350. The van der Waals surface area contributed by atoms with Gasteiger partial charge in [-0.1, -0.05) is 80.1 Å². The molecule has 2 heterocycles. The lowest BCUT2D eigenvalue weighted by Crippen LogP contribution is -2.17. The van der Waals surface area contributed by atoms with Crippen LogP contribution in [0.15, 0.2) is 78.0 Å². The number of anilines is 1. The van der Waals surface area contributed by atoms with Gasteiger partial charge in [-0.3, -0.25) is 0 Å². The van der Waals surface area contributed by atoms with E-state index >= 15 is 0 Å². The fraction of sp³-hybridized carbons (Fsp3) is 0.300. The summed E-state index contributed by atoms with van der Waals surface area (Å²) >= 11 is 1.61. The third-order valence-corrected chi connectivity index (χ3v) is 7.04. The molecule has 1 atom stereocenters. The van der Waals surface area contributed by atoms with E-state index in [1.54, 1.807) is 11.8 Å². The second-order valence-electron chi connectivity index (χ2n) is 8.90. The van der Waals surface area contributed by atoms with Gasteiger partial charge in [0.1, 0.15) is 6.61 Å². The Morgan fingerprint density at radius 2 is 1.74 bits per heavy atom. The normalized spacial score (nSPS) is 13.9. The number of fused-ring (bicyclic) bond motifs is 3. The van der Waals surface area contributed by atoms with Crippen LogP contribution in [-0.4, -0.2) is 27.5 Å². The number of ether oxygens (including phenoxy) is 3. The SMILES string of the molecule is CCCCCSc1nnc2c(n1)O[C@@H](c1ccc(OCc3ccccc3)c(OCC)c1)Nc1ccccc1-2. The number of nitrogens with zero attached hydrogens (tertiary/aromatic N) is 3. The summed E-state index contributed by atoms with van der Waals surface area (Å²) in [4.78, 5) is 4.76. The van der Waals surface area contributed by atoms with E-state index in [4.69, 9.17) is 19.2 Å². The summed E-state index contributed by atoms with van der Waals surface area (Å²) in [6.07, 6.45) is 2.98. The molecule has 3 aromatic carbocycles. The second-order valence-corrected chi connectivity index (χ2v) is 9.97. The van der Waals surface area contributed by atoms with E-state index in [2.05, 4.69) is 22.4 Å². The summed E-state index contributed by atoms with van der Waals surface area (Å²) in [7, 11) is 0. The molecule has 38 heavy (non-hydrogen) atoms. The first-order valence-electron chi connectivity index (χ1n) is 13.1. The van der Waals surface area contributed by atoms with Crippen LogP contribution < -0.4 is 19.5 Å². The zero-order chi connectivity index (χ0) is 26.2. The average Bonchev–Trinajstić information content (AvgIpc) is 3.12. The number of benzene rings is 3. The van der Waals surface area contributed by atoms with Gasteiger partial charge in [-0.25, -0.2) is 0 Å². The molecule has 0 spiro atoms. The molecule has 1 aromatic heterocycles. The Balaban J connectivity index is 1.43. The molecule has 7 nitrogen and oxygen atoms in total. The van der Waals surface area contributed by atoms with Crippen LogP contribution in [0.25, 0.3) is 11.3 Å².